The van der Waals surface area contributed by atoms with Crippen LogP contribution in [0.25, 0.3) is 0 Å². The van der Waals surface area contributed by atoms with Crippen LogP contribution in [0.15, 0.2) is 53.7 Å². The molecule has 3 saturated heterocycles. The smallest absolute Gasteiger partial charge is 0.251 e. The summed E-state index contributed by atoms with van der Waals surface area (Å²) < 4.78 is 0. The lowest BCUT2D eigenvalue weighted by atomic mass is 9.76. The molecule has 0 aliphatic carbocycles. The van der Waals surface area contributed by atoms with E-state index in [1.54, 1.807) is 11.8 Å². The van der Waals surface area contributed by atoms with Crippen LogP contribution in [0.1, 0.15) is 28.8 Å². The number of aromatic nitrogens is 1. The van der Waals surface area contributed by atoms with Crippen molar-refractivity contribution in [2.75, 3.05) is 19.3 Å². The van der Waals surface area contributed by atoms with Crippen molar-refractivity contribution in [2.45, 2.75) is 36.2 Å². The highest BCUT2D eigenvalue weighted by Gasteiger charge is 2.42. The Kier molecular flexibility index (Phi) is 5.27. The van der Waals surface area contributed by atoms with Gasteiger partial charge in [-0.15, -0.1) is 11.8 Å². The monoisotopic (exact) mass is 367 g/mol. The minimum atomic E-state index is 0.0517. The van der Waals surface area contributed by atoms with Gasteiger partial charge in [-0.05, 0) is 74.4 Å². The fourth-order valence-electron chi connectivity index (χ4n) is 4.38. The van der Waals surface area contributed by atoms with E-state index in [1.165, 1.54) is 18.4 Å². The van der Waals surface area contributed by atoms with Crippen LogP contribution in [-0.2, 0) is 6.42 Å². The van der Waals surface area contributed by atoms with Gasteiger partial charge in [-0.1, -0.05) is 12.1 Å². The highest BCUT2D eigenvalue weighted by atomic mass is 32.2. The molecule has 0 radical (unpaired) electrons. The summed E-state index contributed by atoms with van der Waals surface area (Å²) >= 11 is 1.67. The van der Waals surface area contributed by atoms with Crippen LogP contribution in [0.5, 0.6) is 0 Å². The number of piperidine rings is 3. The molecule has 0 saturated carbocycles. The van der Waals surface area contributed by atoms with E-state index >= 15 is 0 Å². The lowest BCUT2D eigenvalue weighted by molar-refractivity contribution is 0.0136. The number of carbonyl (C=O) groups is 1. The van der Waals surface area contributed by atoms with Crippen molar-refractivity contribution in [3.63, 3.8) is 0 Å². The highest BCUT2D eigenvalue weighted by molar-refractivity contribution is 7.98. The number of rotatable bonds is 5. The van der Waals surface area contributed by atoms with Crippen molar-refractivity contribution in [1.82, 2.24) is 15.2 Å². The third-order valence-electron chi connectivity index (χ3n) is 5.76. The Morgan fingerprint density at radius 2 is 2.12 bits per heavy atom. The number of thioether (sulfide) groups is 1. The van der Waals surface area contributed by atoms with Gasteiger partial charge in [0.15, 0.2) is 0 Å². The number of nitrogens with one attached hydrogen (secondary N) is 1. The molecule has 3 fully saturated rings. The number of hydrogen-bond acceptors (Lipinski definition) is 4. The van der Waals surface area contributed by atoms with E-state index in [2.05, 4.69) is 21.3 Å². The van der Waals surface area contributed by atoms with E-state index in [0.717, 1.165) is 30.0 Å². The van der Waals surface area contributed by atoms with E-state index in [1.807, 2.05) is 49.0 Å². The number of carbonyl (C=O) groups excluding carboxylic acids is 1. The lowest BCUT2D eigenvalue weighted by Gasteiger charge is -2.51. The molecule has 4 nitrogen and oxygen atoms in total. The van der Waals surface area contributed by atoms with E-state index in [9.17, 15) is 4.79 Å². The quantitative estimate of drug-likeness (QED) is 0.824. The molecular formula is C21H25N3OS. The Labute approximate surface area is 159 Å². The molecule has 5 rings (SSSR count). The second kappa shape index (κ2) is 7.80. The van der Waals surface area contributed by atoms with Gasteiger partial charge in [0.05, 0.1) is 0 Å². The number of benzene rings is 1. The maximum absolute atomic E-state index is 12.9. The summed E-state index contributed by atoms with van der Waals surface area (Å²) in [4.78, 5) is 20.8. The van der Waals surface area contributed by atoms with E-state index in [-0.39, 0.29) is 11.9 Å². The standard InChI is InChI=1S/C21H25N3OS/c1-26-18-6-2-5-17(13-18)21(25)23-20-16-7-10-24(11-8-16)19(20)12-15-4-3-9-22-14-15/h2-6,9,13-14,16,19-20H,7-8,10-12H2,1H3,(H,23,25)/t19-,20+/m0/s1. The topological polar surface area (TPSA) is 45.2 Å². The first-order valence-corrected chi connectivity index (χ1v) is 10.5. The second-order valence-corrected chi connectivity index (χ2v) is 8.12. The second-order valence-electron chi connectivity index (χ2n) is 7.24. The van der Waals surface area contributed by atoms with Crippen LogP contribution in [0.2, 0.25) is 0 Å². The Morgan fingerprint density at radius 3 is 2.85 bits per heavy atom. The normalized spacial score (nSPS) is 27.3. The SMILES string of the molecule is CSc1cccc(C(=O)N[C@@H]2C3CCN(CC3)[C@H]2Cc2cccnc2)c1. The summed E-state index contributed by atoms with van der Waals surface area (Å²) in [6.07, 6.45) is 9.10. The van der Waals surface area contributed by atoms with Crippen molar-refractivity contribution in [1.29, 1.82) is 0 Å². The maximum Gasteiger partial charge on any atom is 0.251 e. The third kappa shape index (κ3) is 3.64. The molecule has 3 aliphatic rings. The van der Waals surface area contributed by atoms with Crippen LogP contribution in [0, 0.1) is 5.92 Å². The minimum absolute atomic E-state index is 0.0517. The average molecular weight is 368 g/mol. The lowest BCUT2D eigenvalue weighted by Crippen LogP contribution is -2.64. The zero-order valence-electron chi connectivity index (χ0n) is 15.1. The molecule has 2 atom stereocenters. The van der Waals surface area contributed by atoms with Gasteiger partial charge < -0.3 is 5.32 Å². The summed E-state index contributed by atoms with van der Waals surface area (Å²) in [6.45, 7) is 2.29. The Morgan fingerprint density at radius 1 is 1.27 bits per heavy atom. The van der Waals surface area contributed by atoms with E-state index in [0.29, 0.717) is 12.0 Å². The molecule has 1 amide bonds. The number of pyridine rings is 1. The van der Waals surface area contributed by atoms with Crippen molar-refractivity contribution >= 4 is 17.7 Å². The van der Waals surface area contributed by atoms with Gasteiger partial charge in [0.1, 0.15) is 0 Å². The highest BCUT2D eigenvalue weighted by Crippen LogP contribution is 2.34. The molecule has 1 N–H and O–H groups in total. The van der Waals surface area contributed by atoms with Gasteiger partial charge in [-0.25, -0.2) is 0 Å². The van der Waals surface area contributed by atoms with E-state index < -0.39 is 0 Å². The molecular weight excluding hydrogens is 342 g/mol. The van der Waals surface area contributed by atoms with Gasteiger partial charge in [-0.3, -0.25) is 14.7 Å². The molecule has 4 heterocycles. The molecule has 5 heteroatoms. The Hall–Kier alpha value is -1.85. The summed E-state index contributed by atoms with van der Waals surface area (Å²) in [5.41, 5.74) is 2.00. The molecule has 26 heavy (non-hydrogen) atoms. The Bertz CT molecular complexity index is 759. The molecule has 1 aromatic heterocycles. The number of amides is 1. The summed E-state index contributed by atoms with van der Waals surface area (Å²) in [5.74, 6) is 0.630. The van der Waals surface area contributed by atoms with Crippen molar-refractivity contribution in [2.24, 2.45) is 5.92 Å². The first kappa shape index (κ1) is 17.6. The molecule has 3 aliphatic heterocycles. The van der Waals surface area contributed by atoms with Crippen molar-refractivity contribution in [3.8, 4) is 0 Å². The number of nitrogens with zero attached hydrogens (tertiary/aromatic N) is 2. The Balaban J connectivity index is 1.53. The zero-order valence-corrected chi connectivity index (χ0v) is 15.9. The van der Waals surface area contributed by atoms with Crippen LogP contribution < -0.4 is 5.32 Å². The van der Waals surface area contributed by atoms with Gasteiger partial charge in [-0.2, -0.15) is 0 Å². The number of fused-ring (bicyclic) bond motifs is 3. The third-order valence-corrected chi connectivity index (χ3v) is 6.49. The van der Waals surface area contributed by atoms with Gasteiger partial charge in [0.25, 0.3) is 5.91 Å². The van der Waals surface area contributed by atoms with Crippen LogP contribution in [0.4, 0.5) is 0 Å². The fraction of sp³-hybridized carbons (Fsp3) is 0.429. The first-order chi connectivity index (χ1) is 12.7. The zero-order chi connectivity index (χ0) is 17.9. The summed E-state index contributed by atoms with van der Waals surface area (Å²) in [7, 11) is 0. The van der Waals surface area contributed by atoms with E-state index in [4.69, 9.17) is 0 Å². The minimum Gasteiger partial charge on any atom is -0.347 e. The fourth-order valence-corrected chi connectivity index (χ4v) is 4.84. The molecule has 1 aromatic carbocycles. The van der Waals surface area contributed by atoms with Crippen molar-refractivity contribution in [3.05, 3.63) is 59.9 Å². The molecule has 0 unspecified atom stereocenters. The van der Waals surface area contributed by atoms with Crippen LogP contribution >= 0.6 is 11.8 Å². The summed E-state index contributed by atoms with van der Waals surface area (Å²) in [6, 6.07) is 12.6. The van der Waals surface area contributed by atoms with Gasteiger partial charge in [0, 0.05) is 34.9 Å². The maximum atomic E-state index is 12.9. The van der Waals surface area contributed by atoms with Crippen LogP contribution in [0.3, 0.4) is 0 Å². The van der Waals surface area contributed by atoms with Gasteiger partial charge >= 0.3 is 0 Å². The van der Waals surface area contributed by atoms with Gasteiger partial charge in [0.2, 0.25) is 0 Å². The molecule has 2 bridgehead atoms. The predicted octanol–water partition coefficient (Wildman–Crippen LogP) is 3.24. The summed E-state index contributed by atoms with van der Waals surface area (Å²) in [5, 5.41) is 3.38. The first-order valence-electron chi connectivity index (χ1n) is 9.32. The molecule has 0 spiro atoms. The largest absolute Gasteiger partial charge is 0.347 e. The van der Waals surface area contributed by atoms with Crippen molar-refractivity contribution < 1.29 is 4.79 Å². The molecule has 2 aromatic rings. The average Bonchev–Trinajstić information content (AvgIpc) is 2.71. The number of hydrogen-bond donors (Lipinski definition) is 1. The predicted molar refractivity (Wildman–Crippen MR) is 106 cm³/mol. The molecule has 136 valence electrons. The van der Waals surface area contributed by atoms with Crippen LogP contribution in [-0.4, -0.2) is 47.2 Å².